The fourth-order valence-corrected chi connectivity index (χ4v) is 3.55. The van der Waals surface area contributed by atoms with Crippen molar-refractivity contribution in [3.05, 3.63) is 24.4 Å². The maximum absolute atomic E-state index is 12.3. The summed E-state index contributed by atoms with van der Waals surface area (Å²) in [6.45, 7) is 4.41. The number of hydrogen-bond donors (Lipinski definition) is 2. The largest absolute Gasteiger partial charge is 0.447 e. The van der Waals surface area contributed by atoms with Crippen molar-refractivity contribution in [1.29, 1.82) is 5.26 Å². The van der Waals surface area contributed by atoms with Gasteiger partial charge in [-0.1, -0.05) is 13.8 Å². The van der Waals surface area contributed by atoms with Crippen molar-refractivity contribution >= 4 is 40.0 Å². The highest BCUT2D eigenvalue weighted by Gasteiger charge is 2.43. The van der Waals surface area contributed by atoms with Gasteiger partial charge in [0.25, 0.3) is 0 Å². The minimum atomic E-state index is -0.392. The lowest BCUT2D eigenvalue weighted by Crippen LogP contribution is -2.37. The average molecular weight is 379 g/mol. The van der Waals surface area contributed by atoms with Crippen molar-refractivity contribution in [2.24, 2.45) is 17.8 Å². The first-order valence-electron chi connectivity index (χ1n) is 9.24. The number of nitrogen functional groups attached to an aromatic ring is 1. The lowest BCUT2D eigenvalue weighted by Gasteiger charge is -2.25. The zero-order chi connectivity index (χ0) is 20.0. The smallest absolute Gasteiger partial charge is 0.414 e. The van der Waals surface area contributed by atoms with Gasteiger partial charge in [-0.3, -0.25) is 9.69 Å². The van der Waals surface area contributed by atoms with Gasteiger partial charge < -0.3 is 15.8 Å². The van der Waals surface area contributed by atoms with E-state index in [0.717, 1.165) is 10.8 Å². The summed E-state index contributed by atoms with van der Waals surface area (Å²) in [7, 11) is 0. The molecule has 0 radical (unpaired) electrons. The molecule has 1 aromatic heterocycles. The van der Waals surface area contributed by atoms with Crippen LogP contribution in [0.5, 0.6) is 0 Å². The molecule has 1 aliphatic heterocycles. The highest BCUT2D eigenvalue weighted by atomic mass is 16.6. The van der Waals surface area contributed by atoms with Gasteiger partial charge in [0.2, 0.25) is 5.91 Å². The third-order valence-corrected chi connectivity index (χ3v) is 5.35. The van der Waals surface area contributed by atoms with Crippen LogP contribution in [0.25, 0.3) is 10.8 Å². The van der Waals surface area contributed by atoms with Gasteiger partial charge in [0.05, 0.1) is 29.6 Å². The third-order valence-electron chi connectivity index (χ3n) is 5.35. The van der Waals surface area contributed by atoms with Gasteiger partial charge in [-0.15, -0.1) is 0 Å². The molecule has 1 aromatic carbocycles. The van der Waals surface area contributed by atoms with Gasteiger partial charge in [-0.2, -0.15) is 5.26 Å². The summed E-state index contributed by atoms with van der Waals surface area (Å²) < 4.78 is 5.23. The molecule has 4 rings (SSSR count). The molecular weight excluding hydrogens is 358 g/mol. The molecule has 8 heteroatoms. The Kier molecular flexibility index (Phi) is 4.30. The monoisotopic (exact) mass is 379 g/mol. The number of anilines is 3. The molecule has 28 heavy (non-hydrogen) atoms. The first-order valence-corrected chi connectivity index (χ1v) is 9.24. The van der Waals surface area contributed by atoms with E-state index in [1.54, 1.807) is 23.2 Å². The van der Waals surface area contributed by atoms with Gasteiger partial charge in [-0.05, 0) is 35.9 Å². The van der Waals surface area contributed by atoms with Crippen LogP contribution in [0.15, 0.2) is 24.4 Å². The number of pyridine rings is 1. The number of nitrogens with one attached hydrogen (secondary N) is 1. The molecule has 2 fully saturated rings. The van der Waals surface area contributed by atoms with Crippen LogP contribution in [0.1, 0.15) is 20.3 Å². The van der Waals surface area contributed by atoms with E-state index < -0.39 is 6.09 Å². The van der Waals surface area contributed by atoms with E-state index in [-0.39, 0.29) is 29.7 Å². The zero-order valence-electron chi connectivity index (χ0n) is 15.7. The summed E-state index contributed by atoms with van der Waals surface area (Å²) in [5, 5.41) is 13.1. The van der Waals surface area contributed by atoms with Crippen molar-refractivity contribution in [2.75, 3.05) is 22.6 Å². The molecule has 1 aliphatic carbocycles. The molecule has 2 heterocycles. The maximum Gasteiger partial charge on any atom is 0.414 e. The van der Waals surface area contributed by atoms with Gasteiger partial charge in [-0.25, -0.2) is 9.78 Å². The Hall–Kier alpha value is -3.34. The highest BCUT2D eigenvalue weighted by molar-refractivity contribution is 6.02. The Morgan fingerprint density at radius 2 is 2.21 bits per heavy atom. The molecule has 2 aromatic rings. The van der Waals surface area contributed by atoms with Crippen LogP contribution in [0.4, 0.5) is 22.0 Å². The van der Waals surface area contributed by atoms with E-state index in [1.165, 1.54) is 0 Å². The number of rotatable bonds is 4. The molecule has 2 aliphatic rings. The molecule has 144 valence electrons. The number of ether oxygens (including phenoxy) is 1. The number of amides is 2. The SMILES string of the molecule is CC(C)[C@@H]1COC(=O)N1c1cc(N)c2cnc(NC(=O)[C@H]3C[C@@H]3C#N)cc2c1. The lowest BCUT2D eigenvalue weighted by atomic mass is 10.0. The molecule has 1 saturated carbocycles. The Labute approximate surface area is 162 Å². The Morgan fingerprint density at radius 3 is 2.89 bits per heavy atom. The molecule has 0 bridgehead atoms. The second kappa shape index (κ2) is 6.68. The third kappa shape index (κ3) is 3.09. The van der Waals surface area contributed by atoms with Crippen LogP contribution in [0, 0.1) is 29.1 Å². The number of hydrogen-bond acceptors (Lipinski definition) is 6. The molecule has 1 saturated heterocycles. The molecule has 2 amide bonds. The van der Waals surface area contributed by atoms with E-state index in [9.17, 15) is 9.59 Å². The Morgan fingerprint density at radius 1 is 1.43 bits per heavy atom. The maximum atomic E-state index is 12.3. The van der Waals surface area contributed by atoms with Crippen LogP contribution in [-0.2, 0) is 9.53 Å². The molecule has 3 atom stereocenters. The number of aromatic nitrogens is 1. The van der Waals surface area contributed by atoms with Crippen molar-refractivity contribution in [2.45, 2.75) is 26.3 Å². The number of fused-ring (bicyclic) bond motifs is 1. The normalized spacial score (nSPS) is 23.6. The number of nitrogens with two attached hydrogens (primary N) is 1. The second-order valence-corrected chi connectivity index (χ2v) is 7.65. The minimum Gasteiger partial charge on any atom is -0.447 e. The van der Waals surface area contributed by atoms with E-state index in [4.69, 9.17) is 15.7 Å². The van der Waals surface area contributed by atoms with Crippen molar-refractivity contribution in [1.82, 2.24) is 4.98 Å². The van der Waals surface area contributed by atoms with Crippen LogP contribution in [-0.4, -0.2) is 29.6 Å². The fraction of sp³-hybridized carbons (Fsp3) is 0.400. The number of carbonyl (C=O) groups excluding carboxylic acids is 2. The molecule has 8 nitrogen and oxygen atoms in total. The molecule has 0 unspecified atom stereocenters. The van der Waals surface area contributed by atoms with E-state index >= 15 is 0 Å². The predicted octanol–water partition coefficient (Wildman–Crippen LogP) is 2.90. The molecule has 0 spiro atoms. The van der Waals surface area contributed by atoms with Crippen LogP contribution < -0.4 is 16.0 Å². The highest BCUT2D eigenvalue weighted by Crippen LogP contribution is 2.39. The number of nitrogens with zero attached hydrogens (tertiary/aromatic N) is 3. The Balaban J connectivity index is 1.66. The summed E-state index contributed by atoms with van der Waals surface area (Å²) in [4.78, 5) is 30.3. The summed E-state index contributed by atoms with van der Waals surface area (Å²) in [5.74, 6) is -0.0724. The lowest BCUT2D eigenvalue weighted by molar-refractivity contribution is -0.117. The molecular formula is C20H21N5O3. The zero-order valence-corrected chi connectivity index (χ0v) is 15.7. The van der Waals surface area contributed by atoms with Crippen molar-refractivity contribution in [3.8, 4) is 6.07 Å². The quantitative estimate of drug-likeness (QED) is 0.788. The van der Waals surface area contributed by atoms with Crippen LogP contribution in [0.2, 0.25) is 0 Å². The van der Waals surface area contributed by atoms with Crippen molar-refractivity contribution < 1.29 is 14.3 Å². The number of nitriles is 1. The standard InChI is InChI=1S/C20H21N5O3/c1-10(2)17-9-28-20(27)25(17)13-3-11-5-18(23-8-15(11)16(22)6-13)24-19(26)14-4-12(14)7-21/h3,5-6,8,10,12,14,17H,4,9,22H2,1-2H3,(H,23,24,26)/t12-,14+,17+/m1/s1. The summed E-state index contributed by atoms with van der Waals surface area (Å²) in [6.07, 6.45) is 1.79. The minimum absolute atomic E-state index is 0.0665. The summed E-state index contributed by atoms with van der Waals surface area (Å²) >= 11 is 0. The summed E-state index contributed by atoms with van der Waals surface area (Å²) in [6, 6.07) is 7.35. The van der Waals surface area contributed by atoms with Crippen molar-refractivity contribution in [3.63, 3.8) is 0 Å². The Bertz CT molecular complexity index is 1010. The second-order valence-electron chi connectivity index (χ2n) is 7.65. The van der Waals surface area contributed by atoms with Gasteiger partial charge in [0, 0.05) is 17.3 Å². The topological polar surface area (TPSA) is 121 Å². The number of cyclic esters (lactones) is 1. The van der Waals surface area contributed by atoms with E-state index in [0.29, 0.717) is 30.2 Å². The summed E-state index contributed by atoms with van der Waals surface area (Å²) in [5.41, 5.74) is 7.34. The predicted molar refractivity (Wildman–Crippen MR) is 104 cm³/mol. The average Bonchev–Trinajstić information content (AvgIpc) is 3.35. The number of benzene rings is 1. The van der Waals surface area contributed by atoms with E-state index in [2.05, 4.69) is 16.4 Å². The van der Waals surface area contributed by atoms with Gasteiger partial charge in [0.15, 0.2) is 0 Å². The van der Waals surface area contributed by atoms with Gasteiger partial charge >= 0.3 is 6.09 Å². The van der Waals surface area contributed by atoms with Crippen LogP contribution in [0.3, 0.4) is 0 Å². The first kappa shape index (κ1) is 18.0. The van der Waals surface area contributed by atoms with Gasteiger partial charge in [0.1, 0.15) is 12.4 Å². The first-order chi connectivity index (χ1) is 13.4. The van der Waals surface area contributed by atoms with Crippen LogP contribution >= 0.6 is 0 Å². The number of carbonyl (C=O) groups is 2. The fourth-order valence-electron chi connectivity index (χ4n) is 3.55. The van der Waals surface area contributed by atoms with E-state index in [1.807, 2.05) is 19.9 Å². The molecule has 3 N–H and O–H groups in total.